The fourth-order valence-corrected chi connectivity index (χ4v) is 2.67. The van der Waals surface area contributed by atoms with Crippen LogP contribution < -0.4 is 5.32 Å². The number of rotatable bonds is 5. The third-order valence-electron chi connectivity index (χ3n) is 3.88. The van der Waals surface area contributed by atoms with Gasteiger partial charge in [0, 0.05) is 12.8 Å². The number of halogens is 1. The predicted molar refractivity (Wildman–Crippen MR) is 81.4 cm³/mol. The van der Waals surface area contributed by atoms with Gasteiger partial charge >= 0.3 is 5.97 Å². The number of hydrogen-bond acceptors (Lipinski definition) is 4. The predicted octanol–water partition coefficient (Wildman–Crippen LogP) is 1.37. The highest BCUT2D eigenvalue weighted by molar-refractivity contribution is 5.93. The molecule has 0 bridgehead atoms. The van der Waals surface area contributed by atoms with Crippen LogP contribution in [-0.4, -0.2) is 45.5 Å². The van der Waals surface area contributed by atoms with Crippen molar-refractivity contribution in [2.24, 2.45) is 0 Å². The van der Waals surface area contributed by atoms with Gasteiger partial charge in [-0.2, -0.15) is 5.10 Å². The maximum Gasteiger partial charge on any atom is 0.305 e. The summed E-state index contributed by atoms with van der Waals surface area (Å²) >= 11 is 0. The molecule has 126 valence electrons. The van der Waals surface area contributed by atoms with Crippen LogP contribution in [-0.2, 0) is 9.53 Å². The molecule has 8 heteroatoms. The lowest BCUT2D eigenvalue weighted by molar-refractivity contribution is -0.138. The topological polar surface area (TPSA) is 93.5 Å². The van der Waals surface area contributed by atoms with E-state index in [9.17, 15) is 14.0 Å². The molecule has 3 rings (SSSR count). The van der Waals surface area contributed by atoms with E-state index in [-0.39, 0.29) is 24.5 Å². The lowest BCUT2D eigenvalue weighted by atomic mass is 9.94. The van der Waals surface area contributed by atoms with Crippen LogP contribution in [0.5, 0.6) is 0 Å². The molecule has 0 radical (unpaired) electrons. The van der Waals surface area contributed by atoms with Crippen LogP contribution in [0.3, 0.4) is 0 Å². The molecular weight excluding hydrogens is 317 g/mol. The van der Waals surface area contributed by atoms with Gasteiger partial charge in [-0.3, -0.25) is 9.59 Å². The van der Waals surface area contributed by atoms with E-state index in [4.69, 9.17) is 9.84 Å². The van der Waals surface area contributed by atoms with Gasteiger partial charge in [0.1, 0.15) is 5.82 Å². The Labute approximate surface area is 137 Å². The van der Waals surface area contributed by atoms with Gasteiger partial charge in [0.2, 0.25) is 0 Å². The number of amides is 1. The van der Waals surface area contributed by atoms with Crippen LogP contribution in [0, 0.1) is 5.82 Å². The van der Waals surface area contributed by atoms with Crippen LogP contribution in [0.2, 0.25) is 0 Å². The molecule has 1 saturated heterocycles. The summed E-state index contributed by atoms with van der Waals surface area (Å²) in [5.41, 5.74) is -0.154. The molecule has 1 fully saturated rings. The van der Waals surface area contributed by atoms with Crippen molar-refractivity contribution in [1.29, 1.82) is 0 Å². The molecule has 1 atom stereocenters. The summed E-state index contributed by atoms with van der Waals surface area (Å²) in [5.74, 6) is -1.83. The van der Waals surface area contributed by atoms with E-state index in [2.05, 4.69) is 10.4 Å². The molecule has 7 nitrogen and oxygen atoms in total. The van der Waals surface area contributed by atoms with Gasteiger partial charge in [-0.05, 0) is 36.8 Å². The summed E-state index contributed by atoms with van der Waals surface area (Å²) in [6.45, 7) is 0.557. The number of aliphatic carboxylic acids is 1. The molecule has 1 aliphatic rings. The molecule has 2 aromatic rings. The Morgan fingerprint density at radius 3 is 2.71 bits per heavy atom. The van der Waals surface area contributed by atoms with Crippen molar-refractivity contribution in [1.82, 2.24) is 15.1 Å². The molecule has 2 N–H and O–H groups in total. The summed E-state index contributed by atoms with van der Waals surface area (Å²) in [6.07, 6.45) is 1.80. The van der Waals surface area contributed by atoms with Gasteiger partial charge in [-0.1, -0.05) is 0 Å². The van der Waals surface area contributed by atoms with Gasteiger partial charge in [0.15, 0.2) is 5.69 Å². The Morgan fingerprint density at radius 1 is 1.33 bits per heavy atom. The van der Waals surface area contributed by atoms with Crippen molar-refractivity contribution >= 4 is 11.9 Å². The number of carbonyl (C=O) groups is 2. The summed E-state index contributed by atoms with van der Waals surface area (Å²) in [6, 6.07) is 7.20. The van der Waals surface area contributed by atoms with Crippen LogP contribution in [0.4, 0.5) is 4.39 Å². The minimum atomic E-state index is -1.00. The largest absolute Gasteiger partial charge is 0.481 e. The average molecular weight is 333 g/mol. The Bertz CT molecular complexity index is 751. The molecule has 24 heavy (non-hydrogen) atoms. The fraction of sp³-hybridized carbons (Fsp3) is 0.312. The van der Waals surface area contributed by atoms with Crippen LogP contribution >= 0.6 is 0 Å². The zero-order chi connectivity index (χ0) is 17.2. The van der Waals surface area contributed by atoms with E-state index in [1.54, 1.807) is 18.3 Å². The minimum absolute atomic E-state index is 0.149. The zero-order valence-corrected chi connectivity index (χ0v) is 12.7. The van der Waals surface area contributed by atoms with Gasteiger partial charge in [-0.25, -0.2) is 9.07 Å². The summed E-state index contributed by atoms with van der Waals surface area (Å²) < 4.78 is 19.6. The molecule has 1 aromatic carbocycles. The highest BCUT2D eigenvalue weighted by atomic mass is 19.1. The van der Waals surface area contributed by atoms with E-state index >= 15 is 0 Å². The number of aromatic nitrogens is 2. The van der Waals surface area contributed by atoms with E-state index in [0.717, 1.165) is 0 Å². The van der Waals surface area contributed by atoms with Crippen molar-refractivity contribution < 1.29 is 23.8 Å². The number of hydrogen-bond donors (Lipinski definition) is 2. The molecule has 0 spiro atoms. The number of nitrogens with one attached hydrogen (secondary N) is 1. The van der Waals surface area contributed by atoms with Crippen LogP contribution in [0.1, 0.15) is 23.3 Å². The summed E-state index contributed by atoms with van der Waals surface area (Å²) in [7, 11) is 0. The maximum atomic E-state index is 13.0. The third kappa shape index (κ3) is 3.43. The second-order valence-electron chi connectivity index (χ2n) is 5.73. The van der Waals surface area contributed by atoms with E-state index in [1.165, 1.54) is 22.9 Å². The standard InChI is InChI=1S/C16H16FN3O4/c17-11-1-3-12(4-2-11)20-7-5-13(19-20)15(23)18-16(9-14(21)22)6-8-24-10-16/h1-5,7H,6,8-10H2,(H,18,23)(H,21,22). The Balaban J connectivity index is 1.75. The lowest BCUT2D eigenvalue weighted by Crippen LogP contribution is -2.50. The molecular formula is C16H16FN3O4. The highest BCUT2D eigenvalue weighted by Crippen LogP contribution is 2.23. The van der Waals surface area contributed by atoms with Crippen LogP contribution in [0.25, 0.3) is 5.69 Å². The monoisotopic (exact) mass is 333 g/mol. The Hall–Kier alpha value is -2.74. The van der Waals surface area contributed by atoms with Gasteiger partial charge in [-0.15, -0.1) is 0 Å². The van der Waals surface area contributed by atoms with E-state index < -0.39 is 17.4 Å². The zero-order valence-electron chi connectivity index (χ0n) is 12.7. The maximum absolute atomic E-state index is 13.0. The van der Waals surface area contributed by atoms with Crippen molar-refractivity contribution in [2.75, 3.05) is 13.2 Å². The van der Waals surface area contributed by atoms with Crippen molar-refractivity contribution in [2.45, 2.75) is 18.4 Å². The SMILES string of the molecule is O=C(O)CC1(NC(=O)c2ccn(-c3ccc(F)cc3)n2)CCOC1. The first-order chi connectivity index (χ1) is 11.5. The van der Waals surface area contributed by atoms with E-state index in [1.807, 2.05) is 0 Å². The number of nitrogens with zero attached hydrogens (tertiary/aromatic N) is 2. The number of carbonyl (C=O) groups excluding carboxylic acids is 1. The van der Waals surface area contributed by atoms with Crippen LogP contribution in [0.15, 0.2) is 36.5 Å². The average Bonchev–Trinajstić information content (AvgIpc) is 3.17. The molecule has 1 aromatic heterocycles. The van der Waals surface area contributed by atoms with Crippen molar-refractivity contribution in [3.8, 4) is 5.69 Å². The summed E-state index contributed by atoms with van der Waals surface area (Å²) in [4.78, 5) is 23.4. The first-order valence-electron chi connectivity index (χ1n) is 7.41. The lowest BCUT2D eigenvalue weighted by Gasteiger charge is -2.26. The fourth-order valence-electron chi connectivity index (χ4n) is 2.67. The first-order valence-corrected chi connectivity index (χ1v) is 7.41. The molecule has 0 saturated carbocycles. The van der Waals surface area contributed by atoms with Gasteiger partial charge in [0.05, 0.1) is 24.3 Å². The molecule has 0 aliphatic carbocycles. The quantitative estimate of drug-likeness (QED) is 0.862. The molecule has 2 heterocycles. The number of carboxylic acids is 1. The number of benzene rings is 1. The van der Waals surface area contributed by atoms with Crippen molar-refractivity contribution in [3.63, 3.8) is 0 Å². The number of carboxylic acid groups (broad SMARTS) is 1. The normalized spacial score (nSPS) is 20.0. The molecule has 1 unspecified atom stereocenters. The Morgan fingerprint density at radius 2 is 2.08 bits per heavy atom. The minimum Gasteiger partial charge on any atom is -0.481 e. The summed E-state index contributed by atoms with van der Waals surface area (Å²) in [5, 5.41) is 15.9. The third-order valence-corrected chi connectivity index (χ3v) is 3.88. The van der Waals surface area contributed by atoms with Gasteiger partial charge in [0.25, 0.3) is 5.91 Å². The highest BCUT2D eigenvalue weighted by Gasteiger charge is 2.39. The molecule has 1 aliphatic heterocycles. The van der Waals surface area contributed by atoms with Gasteiger partial charge < -0.3 is 15.2 Å². The number of ether oxygens (including phenoxy) is 1. The smallest absolute Gasteiger partial charge is 0.305 e. The second kappa shape index (κ2) is 6.40. The van der Waals surface area contributed by atoms with Crippen molar-refractivity contribution in [3.05, 3.63) is 48.0 Å². The first kappa shape index (κ1) is 16.1. The Kier molecular flexibility index (Phi) is 4.30. The molecule has 1 amide bonds. The van der Waals surface area contributed by atoms with E-state index in [0.29, 0.717) is 18.7 Å². The second-order valence-corrected chi connectivity index (χ2v) is 5.73.